The van der Waals surface area contributed by atoms with E-state index < -0.39 is 0 Å². The summed E-state index contributed by atoms with van der Waals surface area (Å²) in [7, 11) is 0. The number of rotatable bonds is 3. The highest BCUT2D eigenvalue weighted by molar-refractivity contribution is 7.14. The van der Waals surface area contributed by atoms with Gasteiger partial charge in [-0.3, -0.25) is 5.10 Å². The molecule has 1 aromatic carbocycles. The van der Waals surface area contributed by atoms with E-state index in [-0.39, 0.29) is 5.13 Å². The van der Waals surface area contributed by atoms with Crippen LogP contribution >= 0.6 is 11.3 Å². The SMILES string of the molecule is Fc1ccc(-c2ccnc3[nH]c(-c4n[nH]c5ccc(C6=CCNCC6)cc45)cc23)s1. The maximum atomic E-state index is 13.6. The molecule has 5 nitrogen and oxygen atoms in total. The molecule has 0 aliphatic carbocycles. The van der Waals surface area contributed by atoms with Crippen LogP contribution in [0.25, 0.3) is 49.3 Å². The smallest absolute Gasteiger partial charge is 0.176 e. The van der Waals surface area contributed by atoms with Crippen LogP contribution in [-0.2, 0) is 0 Å². The number of hydrogen-bond donors (Lipinski definition) is 3. The Bertz CT molecular complexity index is 1420. The number of thiophene rings is 1. The number of benzene rings is 1. The van der Waals surface area contributed by atoms with Gasteiger partial charge in [0.25, 0.3) is 0 Å². The minimum absolute atomic E-state index is 0.191. The second-order valence-electron chi connectivity index (χ2n) is 7.42. The summed E-state index contributed by atoms with van der Waals surface area (Å²) < 4.78 is 13.6. The number of halogens is 1. The van der Waals surface area contributed by atoms with E-state index in [1.807, 2.05) is 12.1 Å². The summed E-state index contributed by atoms with van der Waals surface area (Å²) in [5, 5.41) is 12.9. The maximum absolute atomic E-state index is 13.6. The van der Waals surface area contributed by atoms with Crippen molar-refractivity contribution in [1.82, 2.24) is 25.5 Å². The normalized spacial score (nSPS) is 14.5. The van der Waals surface area contributed by atoms with Crippen molar-refractivity contribution in [1.29, 1.82) is 0 Å². The zero-order valence-corrected chi connectivity index (χ0v) is 16.8. The molecule has 30 heavy (non-hydrogen) atoms. The van der Waals surface area contributed by atoms with Crippen LogP contribution in [0.2, 0.25) is 0 Å². The fourth-order valence-corrected chi connectivity index (χ4v) is 4.90. The molecule has 7 heteroatoms. The topological polar surface area (TPSA) is 69.4 Å². The van der Waals surface area contributed by atoms with Crippen LogP contribution in [0.4, 0.5) is 4.39 Å². The molecule has 0 amide bonds. The fourth-order valence-electron chi connectivity index (χ4n) is 4.13. The van der Waals surface area contributed by atoms with E-state index >= 15 is 0 Å². The number of pyridine rings is 1. The van der Waals surface area contributed by atoms with Crippen LogP contribution in [0.15, 0.2) is 54.7 Å². The summed E-state index contributed by atoms with van der Waals surface area (Å²) in [5.41, 5.74) is 7.09. The molecule has 0 bridgehead atoms. The summed E-state index contributed by atoms with van der Waals surface area (Å²) in [6, 6.07) is 13.7. The number of aromatic amines is 2. The lowest BCUT2D eigenvalue weighted by Gasteiger charge is -2.14. The van der Waals surface area contributed by atoms with Gasteiger partial charge in [-0.25, -0.2) is 4.98 Å². The van der Waals surface area contributed by atoms with Crippen LogP contribution < -0.4 is 5.32 Å². The fraction of sp³-hybridized carbons (Fsp3) is 0.130. The number of hydrogen-bond acceptors (Lipinski definition) is 4. The highest BCUT2D eigenvalue weighted by Crippen LogP contribution is 2.36. The average molecular weight is 415 g/mol. The lowest BCUT2D eigenvalue weighted by atomic mass is 9.98. The van der Waals surface area contributed by atoms with Crippen molar-refractivity contribution in [2.75, 3.05) is 13.1 Å². The lowest BCUT2D eigenvalue weighted by Crippen LogP contribution is -2.19. The monoisotopic (exact) mass is 415 g/mol. The second-order valence-corrected chi connectivity index (χ2v) is 8.46. The van der Waals surface area contributed by atoms with Gasteiger partial charge >= 0.3 is 0 Å². The van der Waals surface area contributed by atoms with Crippen molar-refractivity contribution in [2.45, 2.75) is 6.42 Å². The molecule has 0 radical (unpaired) electrons. The summed E-state index contributed by atoms with van der Waals surface area (Å²) in [6.07, 6.45) is 5.03. The maximum Gasteiger partial charge on any atom is 0.176 e. The molecule has 0 fully saturated rings. The van der Waals surface area contributed by atoms with Gasteiger partial charge in [0.1, 0.15) is 11.3 Å². The third-order valence-corrected chi connectivity index (χ3v) is 6.53. The van der Waals surface area contributed by atoms with Crippen LogP contribution in [0, 0.1) is 5.13 Å². The molecule has 0 unspecified atom stereocenters. The largest absolute Gasteiger partial charge is 0.338 e. The Morgan fingerprint density at radius 3 is 2.83 bits per heavy atom. The van der Waals surface area contributed by atoms with Crippen LogP contribution in [0.1, 0.15) is 12.0 Å². The minimum Gasteiger partial charge on any atom is -0.338 e. The predicted molar refractivity (Wildman–Crippen MR) is 120 cm³/mol. The molecule has 0 spiro atoms. The quantitative estimate of drug-likeness (QED) is 0.372. The van der Waals surface area contributed by atoms with Gasteiger partial charge in [-0.2, -0.15) is 9.49 Å². The van der Waals surface area contributed by atoms with E-state index in [0.717, 1.165) is 74.6 Å². The number of H-pyrrole nitrogens is 2. The second kappa shape index (κ2) is 6.90. The summed E-state index contributed by atoms with van der Waals surface area (Å²) in [5.74, 6) is 0. The zero-order valence-electron chi connectivity index (χ0n) is 16.0. The average Bonchev–Trinajstić information content (AvgIpc) is 3.51. The summed E-state index contributed by atoms with van der Waals surface area (Å²) in [4.78, 5) is 8.76. The molecule has 5 heterocycles. The first-order valence-corrected chi connectivity index (χ1v) is 10.7. The van der Waals surface area contributed by atoms with E-state index in [1.54, 1.807) is 6.20 Å². The third kappa shape index (κ3) is 2.86. The highest BCUT2D eigenvalue weighted by Gasteiger charge is 2.16. The van der Waals surface area contributed by atoms with E-state index in [1.165, 1.54) is 17.2 Å². The molecule has 1 aliphatic rings. The molecular weight excluding hydrogens is 397 g/mol. The van der Waals surface area contributed by atoms with Gasteiger partial charge in [0.05, 0.1) is 11.2 Å². The van der Waals surface area contributed by atoms with Crippen molar-refractivity contribution in [3.05, 3.63) is 65.4 Å². The van der Waals surface area contributed by atoms with Gasteiger partial charge in [0.2, 0.25) is 0 Å². The van der Waals surface area contributed by atoms with E-state index in [4.69, 9.17) is 0 Å². The standard InChI is InChI=1S/C23H18FN5S/c24-21-4-3-20(30-21)15-7-10-26-23-16(15)12-19(27-23)22-17-11-14(1-2-18(17)28-29-22)13-5-8-25-9-6-13/h1-5,7,10-12,25H,6,8-9H2,(H,26,27)(H,28,29). The van der Waals surface area contributed by atoms with Crippen molar-refractivity contribution >= 4 is 38.8 Å². The minimum atomic E-state index is -0.191. The number of nitrogens with one attached hydrogen (secondary N) is 3. The highest BCUT2D eigenvalue weighted by atomic mass is 32.1. The molecule has 4 aromatic heterocycles. The van der Waals surface area contributed by atoms with Crippen LogP contribution in [0.3, 0.4) is 0 Å². The number of aromatic nitrogens is 4. The van der Waals surface area contributed by atoms with Gasteiger partial charge < -0.3 is 10.3 Å². The Kier molecular flexibility index (Phi) is 4.04. The van der Waals surface area contributed by atoms with E-state index in [9.17, 15) is 4.39 Å². The van der Waals surface area contributed by atoms with Gasteiger partial charge in [-0.05, 0) is 60.5 Å². The van der Waals surface area contributed by atoms with Gasteiger partial charge in [0.15, 0.2) is 5.13 Å². The van der Waals surface area contributed by atoms with Gasteiger partial charge in [-0.15, -0.1) is 11.3 Å². The zero-order chi connectivity index (χ0) is 20.1. The van der Waals surface area contributed by atoms with Gasteiger partial charge in [0, 0.05) is 34.0 Å². The van der Waals surface area contributed by atoms with E-state index in [2.05, 4.69) is 55.8 Å². The Morgan fingerprint density at radius 2 is 2.00 bits per heavy atom. The molecule has 0 atom stereocenters. The van der Waals surface area contributed by atoms with Crippen molar-refractivity contribution in [3.8, 4) is 21.8 Å². The van der Waals surface area contributed by atoms with Crippen molar-refractivity contribution < 1.29 is 4.39 Å². The molecule has 148 valence electrons. The molecule has 1 aliphatic heterocycles. The van der Waals surface area contributed by atoms with E-state index in [0.29, 0.717) is 0 Å². The molecular formula is C23H18FN5S. The first-order chi connectivity index (χ1) is 14.8. The Balaban J connectivity index is 1.49. The van der Waals surface area contributed by atoms with Gasteiger partial charge in [-0.1, -0.05) is 12.1 Å². The third-order valence-electron chi connectivity index (χ3n) is 5.62. The van der Waals surface area contributed by atoms with Crippen molar-refractivity contribution in [3.63, 3.8) is 0 Å². The first kappa shape index (κ1) is 17.6. The first-order valence-electron chi connectivity index (χ1n) is 9.88. The molecule has 3 N–H and O–H groups in total. The Morgan fingerprint density at radius 1 is 1.03 bits per heavy atom. The Hall–Kier alpha value is -3.29. The Labute approximate surface area is 175 Å². The predicted octanol–water partition coefficient (Wildman–Crippen LogP) is 5.35. The molecule has 0 saturated heterocycles. The molecule has 0 saturated carbocycles. The number of fused-ring (bicyclic) bond motifs is 2. The molecule has 5 aromatic rings. The van der Waals surface area contributed by atoms with Crippen LogP contribution in [-0.4, -0.2) is 33.3 Å². The molecule has 6 rings (SSSR count). The number of nitrogens with zero attached hydrogens (tertiary/aromatic N) is 2. The summed E-state index contributed by atoms with van der Waals surface area (Å²) >= 11 is 1.14. The van der Waals surface area contributed by atoms with Crippen LogP contribution in [0.5, 0.6) is 0 Å². The van der Waals surface area contributed by atoms with Crippen molar-refractivity contribution in [2.24, 2.45) is 0 Å². The summed E-state index contributed by atoms with van der Waals surface area (Å²) in [6.45, 7) is 1.91. The lowest BCUT2D eigenvalue weighted by molar-refractivity contribution is 0.657.